The predicted octanol–water partition coefficient (Wildman–Crippen LogP) is 1.94. The minimum atomic E-state index is -4.41. The number of aromatic nitrogens is 4. The van der Waals surface area contributed by atoms with E-state index in [4.69, 9.17) is 0 Å². The molecule has 11 heteroatoms. The van der Waals surface area contributed by atoms with Gasteiger partial charge in [0, 0.05) is 26.3 Å². The summed E-state index contributed by atoms with van der Waals surface area (Å²) in [6.07, 6.45) is -2.09. The molecular formula is C14H17F3N6OS. The molecule has 1 amide bonds. The zero-order valence-corrected chi connectivity index (χ0v) is 14.4. The van der Waals surface area contributed by atoms with Crippen LogP contribution in [0.5, 0.6) is 0 Å². The Labute approximate surface area is 146 Å². The number of hydrogen-bond acceptors (Lipinski definition) is 6. The van der Waals surface area contributed by atoms with E-state index in [-0.39, 0.29) is 11.2 Å². The Morgan fingerprint density at radius 1 is 1.36 bits per heavy atom. The van der Waals surface area contributed by atoms with Gasteiger partial charge in [0.25, 0.3) is 0 Å². The zero-order valence-electron chi connectivity index (χ0n) is 13.5. The van der Waals surface area contributed by atoms with Crippen LogP contribution < -0.4 is 10.6 Å². The van der Waals surface area contributed by atoms with Crippen LogP contribution in [-0.4, -0.2) is 44.0 Å². The van der Waals surface area contributed by atoms with Crippen LogP contribution in [0.3, 0.4) is 0 Å². The van der Waals surface area contributed by atoms with E-state index in [0.29, 0.717) is 24.1 Å². The van der Waals surface area contributed by atoms with E-state index < -0.39 is 11.7 Å². The number of carbonyl (C=O) groups is 1. The van der Waals surface area contributed by atoms with Crippen LogP contribution in [0.1, 0.15) is 12.5 Å². The zero-order chi connectivity index (χ0) is 18.4. The second-order valence-corrected chi connectivity index (χ2v) is 6.44. The molecule has 1 atom stereocenters. The number of halogens is 3. The molecule has 0 radical (unpaired) electrons. The summed E-state index contributed by atoms with van der Waals surface area (Å²) in [5.74, 6) is 0.138. The first-order valence-electron chi connectivity index (χ1n) is 7.33. The summed E-state index contributed by atoms with van der Waals surface area (Å²) in [6, 6.07) is 2.20. The van der Waals surface area contributed by atoms with Crippen molar-refractivity contribution in [3.63, 3.8) is 0 Å². The first-order chi connectivity index (χ1) is 11.8. The molecule has 0 aliphatic carbocycles. The quantitative estimate of drug-likeness (QED) is 0.569. The average molecular weight is 374 g/mol. The van der Waals surface area contributed by atoms with Gasteiger partial charge < -0.3 is 15.2 Å². The maximum Gasteiger partial charge on any atom is 0.417 e. The van der Waals surface area contributed by atoms with Crippen molar-refractivity contribution < 1.29 is 18.0 Å². The van der Waals surface area contributed by atoms with Crippen molar-refractivity contribution in [2.75, 3.05) is 18.4 Å². The molecule has 0 unspecified atom stereocenters. The molecule has 136 valence electrons. The molecule has 0 bridgehead atoms. The fraction of sp³-hybridized carbons (Fsp3) is 0.429. The van der Waals surface area contributed by atoms with Gasteiger partial charge in [0.15, 0.2) is 5.16 Å². The van der Waals surface area contributed by atoms with E-state index in [0.717, 1.165) is 12.3 Å². The number of carbonyl (C=O) groups excluding carboxylic acids is 1. The molecule has 2 rings (SSSR count). The lowest BCUT2D eigenvalue weighted by Gasteiger charge is -2.12. The van der Waals surface area contributed by atoms with Gasteiger partial charge in [-0.15, -0.1) is 10.2 Å². The molecule has 0 aromatic carbocycles. The smallest absolute Gasteiger partial charge is 0.368 e. The number of alkyl halides is 3. The second-order valence-electron chi connectivity index (χ2n) is 5.13. The SMILES string of the molecule is C[C@H](Sc1nncn1C)C(=O)NCCNc1ccc(C(F)(F)F)cn1. The van der Waals surface area contributed by atoms with Gasteiger partial charge in [0.05, 0.1) is 10.8 Å². The molecule has 0 saturated heterocycles. The normalized spacial score (nSPS) is 12.7. The molecule has 7 nitrogen and oxygen atoms in total. The first kappa shape index (κ1) is 19.0. The summed E-state index contributed by atoms with van der Waals surface area (Å²) >= 11 is 1.28. The molecule has 0 aliphatic heterocycles. The molecule has 2 heterocycles. The minimum absolute atomic E-state index is 0.171. The highest BCUT2D eigenvalue weighted by molar-refractivity contribution is 8.00. The first-order valence-corrected chi connectivity index (χ1v) is 8.21. The Bertz CT molecular complexity index is 703. The number of rotatable bonds is 7. The number of nitrogens with one attached hydrogen (secondary N) is 2. The average Bonchev–Trinajstić information content (AvgIpc) is 2.96. The van der Waals surface area contributed by atoms with Gasteiger partial charge in [-0.1, -0.05) is 11.8 Å². The van der Waals surface area contributed by atoms with Crippen LogP contribution in [0.4, 0.5) is 19.0 Å². The van der Waals surface area contributed by atoms with E-state index in [1.807, 2.05) is 0 Å². The lowest BCUT2D eigenvalue weighted by Crippen LogP contribution is -2.34. The number of thioether (sulfide) groups is 1. The van der Waals surface area contributed by atoms with Gasteiger partial charge >= 0.3 is 6.18 Å². The standard InChI is InChI=1S/C14H17F3N6OS/c1-9(25-13-22-21-8-23(13)2)12(24)19-6-5-18-11-4-3-10(7-20-11)14(15,16)17/h3-4,7-9H,5-6H2,1-2H3,(H,18,20)(H,19,24)/t9-/m0/s1. The van der Waals surface area contributed by atoms with Gasteiger partial charge in [-0.25, -0.2) is 4.98 Å². The summed E-state index contributed by atoms with van der Waals surface area (Å²) in [7, 11) is 1.79. The fourth-order valence-electron chi connectivity index (χ4n) is 1.78. The number of hydrogen-bond donors (Lipinski definition) is 2. The third-order valence-electron chi connectivity index (χ3n) is 3.14. The lowest BCUT2D eigenvalue weighted by molar-refractivity contribution is -0.137. The molecule has 2 N–H and O–H groups in total. The van der Waals surface area contributed by atoms with Gasteiger partial charge in [-0.3, -0.25) is 4.79 Å². The van der Waals surface area contributed by atoms with E-state index in [1.165, 1.54) is 17.8 Å². The molecule has 0 fully saturated rings. The van der Waals surface area contributed by atoms with E-state index >= 15 is 0 Å². The number of amides is 1. The Hall–Kier alpha value is -2.30. The third-order valence-corrected chi connectivity index (χ3v) is 4.29. The molecule has 25 heavy (non-hydrogen) atoms. The second kappa shape index (κ2) is 8.19. The van der Waals surface area contributed by atoms with Crippen molar-refractivity contribution >= 4 is 23.5 Å². The Kier molecular flexibility index (Phi) is 6.23. The summed E-state index contributed by atoms with van der Waals surface area (Å²) < 4.78 is 39.0. The number of pyridine rings is 1. The fourth-order valence-corrected chi connectivity index (χ4v) is 2.59. The topological polar surface area (TPSA) is 84.7 Å². The van der Waals surface area contributed by atoms with Crippen LogP contribution in [0.2, 0.25) is 0 Å². The van der Waals surface area contributed by atoms with Crippen molar-refractivity contribution in [2.24, 2.45) is 7.05 Å². The van der Waals surface area contributed by atoms with Crippen LogP contribution in [0.25, 0.3) is 0 Å². The van der Waals surface area contributed by atoms with Crippen molar-refractivity contribution in [3.05, 3.63) is 30.2 Å². The predicted molar refractivity (Wildman–Crippen MR) is 87.1 cm³/mol. The lowest BCUT2D eigenvalue weighted by atomic mass is 10.3. The van der Waals surface area contributed by atoms with Crippen LogP contribution in [-0.2, 0) is 18.0 Å². The monoisotopic (exact) mass is 374 g/mol. The van der Waals surface area contributed by atoms with Crippen molar-refractivity contribution in [1.82, 2.24) is 25.1 Å². The van der Waals surface area contributed by atoms with Gasteiger partial charge in [0.1, 0.15) is 12.1 Å². The molecule has 0 spiro atoms. The molecule has 2 aromatic heterocycles. The molecular weight excluding hydrogens is 357 g/mol. The third kappa shape index (κ3) is 5.62. The highest BCUT2D eigenvalue weighted by Crippen LogP contribution is 2.28. The summed E-state index contributed by atoms with van der Waals surface area (Å²) in [5, 5.41) is 13.5. The van der Waals surface area contributed by atoms with Gasteiger partial charge in [0.2, 0.25) is 5.91 Å². The molecule has 2 aromatic rings. The highest BCUT2D eigenvalue weighted by atomic mass is 32.2. The van der Waals surface area contributed by atoms with E-state index in [1.54, 1.807) is 24.9 Å². The van der Waals surface area contributed by atoms with E-state index in [9.17, 15) is 18.0 Å². The largest absolute Gasteiger partial charge is 0.417 e. The van der Waals surface area contributed by atoms with Gasteiger partial charge in [-0.05, 0) is 19.1 Å². The summed E-state index contributed by atoms with van der Waals surface area (Å²) in [5.41, 5.74) is -0.805. The van der Waals surface area contributed by atoms with Crippen LogP contribution >= 0.6 is 11.8 Å². The maximum absolute atomic E-state index is 12.4. The summed E-state index contributed by atoms with van der Waals surface area (Å²) in [4.78, 5) is 15.7. The Balaban J connectivity index is 1.71. The Morgan fingerprint density at radius 3 is 2.68 bits per heavy atom. The van der Waals surface area contributed by atoms with Crippen LogP contribution in [0.15, 0.2) is 29.8 Å². The van der Waals surface area contributed by atoms with Crippen LogP contribution in [0, 0.1) is 0 Å². The van der Waals surface area contributed by atoms with Crippen molar-refractivity contribution in [3.8, 4) is 0 Å². The van der Waals surface area contributed by atoms with Crippen molar-refractivity contribution in [1.29, 1.82) is 0 Å². The maximum atomic E-state index is 12.4. The summed E-state index contributed by atoms with van der Waals surface area (Å²) in [6.45, 7) is 2.40. The molecule has 0 aliphatic rings. The van der Waals surface area contributed by atoms with E-state index in [2.05, 4.69) is 25.8 Å². The Morgan fingerprint density at radius 2 is 2.12 bits per heavy atom. The van der Waals surface area contributed by atoms with Gasteiger partial charge in [-0.2, -0.15) is 13.2 Å². The molecule has 0 saturated carbocycles. The minimum Gasteiger partial charge on any atom is -0.368 e. The highest BCUT2D eigenvalue weighted by Gasteiger charge is 2.30. The number of anilines is 1. The number of aryl methyl sites for hydroxylation is 1. The van der Waals surface area contributed by atoms with Crippen molar-refractivity contribution in [2.45, 2.75) is 23.5 Å². The number of nitrogens with zero attached hydrogens (tertiary/aromatic N) is 4.